The van der Waals surface area contributed by atoms with Crippen LogP contribution in [0.1, 0.15) is 87.5 Å². The lowest BCUT2D eigenvalue weighted by Crippen LogP contribution is -2.64. The lowest BCUT2D eigenvalue weighted by Gasteiger charge is -2.64. The first kappa shape index (κ1) is 39.5. The van der Waals surface area contributed by atoms with Crippen LogP contribution in [0.25, 0.3) is 0 Å². The Kier molecular flexibility index (Phi) is 9.99. The van der Waals surface area contributed by atoms with E-state index in [1.807, 2.05) is 13.8 Å². The summed E-state index contributed by atoms with van der Waals surface area (Å²) in [6, 6.07) is 0. The predicted molar refractivity (Wildman–Crippen MR) is 187 cm³/mol. The number of Topliss-reactive ketones (excluding diaryl/α,β-unsaturated/α-hetero) is 1. The van der Waals surface area contributed by atoms with Crippen LogP contribution in [0.5, 0.6) is 0 Å². The molecule has 0 aromatic carbocycles. The normalized spacial score (nSPS) is 52.3. The highest BCUT2D eigenvalue weighted by Gasteiger charge is 2.73. The average Bonchev–Trinajstić information content (AvgIpc) is 3.55. The highest BCUT2D eigenvalue weighted by atomic mass is 16.8. The van der Waals surface area contributed by atoms with Gasteiger partial charge in [0.25, 0.3) is 0 Å². The van der Waals surface area contributed by atoms with Crippen molar-refractivity contribution in [2.75, 3.05) is 6.61 Å². The third-order valence-corrected chi connectivity index (χ3v) is 15.2. The molecule has 3 heterocycles. The lowest BCUT2D eigenvalue weighted by atomic mass is 9.39. The van der Waals surface area contributed by atoms with Crippen LogP contribution in [0.2, 0.25) is 0 Å². The molecule has 4 aliphatic carbocycles. The molecule has 0 amide bonds. The minimum Gasteiger partial charge on any atom is -0.486 e. The number of hydrogen-bond acceptors (Lipinski definition) is 13. The minimum atomic E-state index is -1.63. The van der Waals surface area contributed by atoms with Crippen LogP contribution in [0, 0.1) is 45.3 Å². The van der Waals surface area contributed by atoms with E-state index in [9.17, 15) is 40.2 Å². The summed E-state index contributed by atoms with van der Waals surface area (Å²) in [7, 11) is 0. The SMILES string of the molecule is CC(C)C1=CC(=O)C([C@H]2[C@H](O)C[C@@]3(C)C4CC=C5C(CC[C@@H](O[C@@H]6OC[C@@H](O)[C@H](O)[C@H]6O[C@@H]6O[C@@H](C)[C@H](O)[C@@H](O)[C@H]6O)C5(C)C)[C@]4(C)C(=O)C[C@]23C)O1. The Balaban J connectivity index is 1.13. The standard InChI is InChI=1S/C40H60O13/c1-17(2)24-13-21(41)33(51-24)28-22(42)14-38(6)25-11-9-19-20(40(25,8)26(44)15-39(28,38)7)10-12-27(37(19,4)5)52-36-34(30(46)23(43)16-49-36)53-35-32(48)31(47)29(45)18(3)50-35/h9,13,17-18,20,22-23,25,27-36,42-43,45-48H,10-12,14-16H2,1-8H3/t18-,20?,22+,23+,25?,27+,28+,29-,30-,31+,32+,33?,34+,35-,36-,38-,39+,40-/m0/s1. The molecule has 298 valence electrons. The lowest BCUT2D eigenvalue weighted by molar-refractivity contribution is -0.360. The molecule has 0 radical (unpaired) electrons. The van der Waals surface area contributed by atoms with Gasteiger partial charge in [-0.3, -0.25) is 9.59 Å². The average molecular weight is 749 g/mol. The van der Waals surface area contributed by atoms with Gasteiger partial charge in [0.2, 0.25) is 0 Å². The Labute approximate surface area is 311 Å². The monoisotopic (exact) mass is 748 g/mol. The van der Waals surface area contributed by atoms with Crippen LogP contribution in [-0.2, 0) is 33.3 Å². The number of aliphatic hydroxyl groups excluding tert-OH is 6. The van der Waals surface area contributed by atoms with Crippen molar-refractivity contribution >= 4 is 11.6 Å². The van der Waals surface area contributed by atoms with E-state index in [1.165, 1.54) is 6.92 Å². The van der Waals surface area contributed by atoms with E-state index in [4.69, 9.17) is 23.7 Å². The van der Waals surface area contributed by atoms with Crippen LogP contribution >= 0.6 is 0 Å². The van der Waals surface area contributed by atoms with Crippen molar-refractivity contribution in [3.63, 3.8) is 0 Å². The van der Waals surface area contributed by atoms with Crippen LogP contribution in [0.3, 0.4) is 0 Å². The molecule has 13 nitrogen and oxygen atoms in total. The first-order valence-corrected chi connectivity index (χ1v) is 19.5. The van der Waals surface area contributed by atoms with E-state index in [-0.39, 0.29) is 42.3 Å². The number of carbonyl (C=O) groups excluding carboxylic acids is 2. The zero-order valence-corrected chi connectivity index (χ0v) is 32.2. The second-order valence-electron chi connectivity index (χ2n) is 18.6. The van der Waals surface area contributed by atoms with Gasteiger partial charge >= 0.3 is 0 Å². The zero-order chi connectivity index (χ0) is 38.7. The number of allylic oxidation sites excluding steroid dienone is 2. The maximum Gasteiger partial charge on any atom is 0.199 e. The Bertz CT molecular complexity index is 1520. The molecule has 0 aromatic rings. The summed E-state index contributed by atoms with van der Waals surface area (Å²) in [5.74, 6) is -0.0172. The summed E-state index contributed by atoms with van der Waals surface area (Å²) >= 11 is 0. The molecule has 3 saturated carbocycles. The smallest absolute Gasteiger partial charge is 0.199 e. The quantitative estimate of drug-likeness (QED) is 0.216. The van der Waals surface area contributed by atoms with Gasteiger partial charge in [0.15, 0.2) is 24.5 Å². The Morgan fingerprint density at radius 2 is 1.55 bits per heavy atom. The molecule has 18 atom stereocenters. The molecular weight excluding hydrogens is 688 g/mol. The van der Waals surface area contributed by atoms with Crippen LogP contribution in [-0.4, -0.2) is 122 Å². The Morgan fingerprint density at radius 1 is 0.849 bits per heavy atom. The molecule has 0 spiro atoms. The van der Waals surface area contributed by atoms with Gasteiger partial charge in [-0.25, -0.2) is 0 Å². The van der Waals surface area contributed by atoms with Gasteiger partial charge < -0.3 is 54.3 Å². The number of hydrogen-bond donors (Lipinski definition) is 6. The molecule has 13 heteroatoms. The Morgan fingerprint density at radius 3 is 2.21 bits per heavy atom. The molecular formula is C40H60O13. The summed E-state index contributed by atoms with van der Waals surface area (Å²) in [6.45, 7) is 15.8. The second kappa shape index (κ2) is 13.4. The number of ketones is 2. The fourth-order valence-electron chi connectivity index (χ4n) is 11.8. The van der Waals surface area contributed by atoms with Gasteiger partial charge in [-0.15, -0.1) is 0 Å². The van der Waals surface area contributed by atoms with Crippen molar-refractivity contribution in [3.05, 3.63) is 23.5 Å². The summed E-state index contributed by atoms with van der Waals surface area (Å²) in [5.41, 5.74) is -1.32. The highest BCUT2D eigenvalue weighted by Crippen LogP contribution is 2.74. The zero-order valence-electron chi connectivity index (χ0n) is 32.2. The molecule has 53 heavy (non-hydrogen) atoms. The van der Waals surface area contributed by atoms with Crippen molar-refractivity contribution in [1.82, 2.24) is 0 Å². The number of rotatable bonds is 6. The number of aliphatic hydroxyl groups is 6. The van der Waals surface area contributed by atoms with E-state index >= 15 is 0 Å². The molecule has 7 rings (SSSR count). The molecule has 5 fully saturated rings. The van der Waals surface area contributed by atoms with Crippen molar-refractivity contribution in [2.45, 2.75) is 161 Å². The van der Waals surface area contributed by atoms with Gasteiger partial charge in [0, 0.05) is 35.2 Å². The Hall–Kier alpha value is -1.78. The summed E-state index contributed by atoms with van der Waals surface area (Å²) < 4.78 is 30.4. The molecule has 0 aromatic heterocycles. The minimum absolute atomic E-state index is 0.0358. The van der Waals surface area contributed by atoms with Gasteiger partial charge in [0.1, 0.15) is 48.2 Å². The van der Waals surface area contributed by atoms with Crippen molar-refractivity contribution in [2.24, 2.45) is 45.3 Å². The van der Waals surface area contributed by atoms with Gasteiger partial charge in [-0.2, -0.15) is 0 Å². The van der Waals surface area contributed by atoms with Crippen molar-refractivity contribution < 1.29 is 63.9 Å². The van der Waals surface area contributed by atoms with E-state index in [2.05, 4.69) is 40.7 Å². The van der Waals surface area contributed by atoms with Gasteiger partial charge in [-0.05, 0) is 55.3 Å². The maximum absolute atomic E-state index is 14.8. The van der Waals surface area contributed by atoms with Crippen molar-refractivity contribution in [1.29, 1.82) is 0 Å². The number of ether oxygens (including phenoxy) is 5. The first-order chi connectivity index (χ1) is 24.7. The fraction of sp³-hybridized carbons (Fsp3) is 0.850. The van der Waals surface area contributed by atoms with Crippen molar-refractivity contribution in [3.8, 4) is 0 Å². The molecule has 3 aliphatic heterocycles. The summed E-state index contributed by atoms with van der Waals surface area (Å²) in [5, 5.41) is 64.4. The van der Waals surface area contributed by atoms with E-state index in [1.54, 1.807) is 6.08 Å². The summed E-state index contributed by atoms with van der Waals surface area (Å²) in [4.78, 5) is 28.1. The predicted octanol–water partition coefficient (Wildman–Crippen LogP) is 1.93. The van der Waals surface area contributed by atoms with Crippen LogP contribution in [0.15, 0.2) is 23.5 Å². The van der Waals surface area contributed by atoms with E-state index in [0.29, 0.717) is 31.4 Å². The van der Waals surface area contributed by atoms with Gasteiger partial charge in [0.05, 0.1) is 24.9 Å². The van der Waals surface area contributed by atoms with Gasteiger partial charge in [-0.1, -0.05) is 60.1 Å². The number of carbonyl (C=O) groups is 2. The third kappa shape index (κ3) is 5.77. The molecule has 7 aliphatic rings. The number of fused-ring (bicyclic) bond motifs is 5. The molecule has 6 N–H and O–H groups in total. The third-order valence-electron chi connectivity index (χ3n) is 15.2. The topological polar surface area (TPSA) is 202 Å². The maximum atomic E-state index is 14.8. The summed E-state index contributed by atoms with van der Waals surface area (Å²) in [6.07, 6.45) is -7.81. The van der Waals surface area contributed by atoms with Crippen LogP contribution < -0.4 is 0 Å². The fourth-order valence-corrected chi connectivity index (χ4v) is 11.8. The highest BCUT2D eigenvalue weighted by molar-refractivity contribution is 5.96. The first-order valence-electron chi connectivity index (χ1n) is 19.5. The molecule has 3 unspecified atom stereocenters. The molecule has 2 saturated heterocycles. The second-order valence-corrected chi connectivity index (χ2v) is 18.6. The van der Waals surface area contributed by atoms with Crippen LogP contribution in [0.4, 0.5) is 0 Å². The van der Waals surface area contributed by atoms with E-state index < -0.39 is 101 Å². The molecule has 0 bridgehead atoms. The largest absolute Gasteiger partial charge is 0.486 e. The van der Waals surface area contributed by atoms with E-state index in [0.717, 1.165) is 5.57 Å².